The van der Waals surface area contributed by atoms with E-state index in [-0.39, 0.29) is 0 Å². The highest BCUT2D eigenvalue weighted by Crippen LogP contribution is 2.29. The van der Waals surface area contributed by atoms with E-state index < -0.39 is 0 Å². The summed E-state index contributed by atoms with van der Waals surface area (Å²) in [5.41, 5.74) is 1.03. The summed E-state index contributed by atoms with van der Waals surface area (Å²) in [6.45, 7) is 5.26. The maximum atomic E-state index is 5.22. The maximum absolute atomic E-state index is 5.22. The van der Waals surface area contributed by atoms with E-state index in [4.69, 9.17) is 4.74 Å². The van der Waals surface area contributed by atoms with Crippen LogP contribution in [0, 0.1) is 5.92 Å². The average Bonchev–Trinajstić information content (AvgIpc) is 2.76. The molecule has 0 unspecified atom stereocenters. The molecule has 0 aliphatic rings. The lowest BCUT2D eigenvalue weighted by Gasteiger charge is -2.10. The van der Waals surface area contributed by atoms with Crippen molar-refractivity contribution in [2.45, 2.75) is 20.4 Å². The van der Waals surface area contributed by atoms with E-state index in [2.05, 4.69) is 44.5 Å². The molecule has 2 aromatic rings. The minimum atomic E-state index is 0.557. The molecule has 1 heterocycles. The summed E-state index contributed by atoms with van der Waals surface area (Å²) in [6, 6.07) is 5.91. The van der Waals surface area contributed by atoms with E-state index in [0.29, 0.717) is 5.92 Å². The van der Waals surface area contributed by atoms with E-state index in [1.165, 1.54) is 0 Å². The zero-order chi connectivity index (χ0) is 13.1. The molecule has 0 atom stereocenters. The molecule has 0 N–H and O–H groups in total. The normalized spacial score (nSPS) is 10.9. The SMILES string of the molecule is COc1ccc(-c2nncn2CC(C)C)cc1Br. The van der Waals surface area contributed by atoms with Crippen LogP contribution in [-0.2, 0) is 6.54 Å². The van der Waals surface area contributed by atoms with Crippen molar-refractivity contribution in [2.24, 2.45) is 5.92 Å². The maximum Gasteiger partial charge on any atom is 0.163 e. The van der Waals surface area contributed by atoms with Gasteiger partial charge < -0.3 is 9.30 Å². The number of hydrogen-bond donors (Lipinski definition) is 0. The summed E-state index contributed by atoms with van der Waals surface area (Å²) >= 11 is 3.49. The predicted octanol–water partition coefficient (Wildman–Crippen LogP) is 3.37. The van der Waals surface area contributed by atoms with Crippen molar-refractivity contribution in [1.29, 1.82) is 0 Å². The molecule has 0 radical (unpaired) electrons. The third-order valence-corrected chi connectivity index (χ3v) is 3.21. The van der Waals surface area contributed by atoms with Crippen LogP contribution in [0.2, 0.25) is 0 Å². The standard InChI is InChI=1S/C13H16BrN3O/c1-9(2)7-17-8-15-16-13(17)10-4-5-12(18-3)11(14)6-10/h4-6,8-9H,7H2,1-3H3. The van der Waals surface area contributed by atoms with Crippen LogP contribution in [0.4, 0.5) is 0 Å². The Morgan fingerprint density at radius 3 is 2.78 bits per heavy atom. The molecule has 0 saturated carbocycles. The zero-order valence-corrected chi connectivity index (χ0v) is 12.3. The lowest BCUT2D eigenvalue weighted by molar-refractivity contribution is 0.412. The third-order valence-electron chi connectivity index (χ3n) is 2.59. The Hall–Kier alpha value is -1.36. The molecule has 2 rings (SSSR count). The molecule has 0 fully saturated rings. The zero-order valence-electron chi connectivity index (χ0n) is 10.7. The number of hydrogen-bond acceptors (Lipinski definition) is 3. The molecular weight excluding hydrogens is 294 g/mol. The van der Waals surface area contributed by atoms with E-state index >= 15 is 0 Å². The molecule has 5 heteroatoms. The van der Waals surface area contributed by atoms with Crippen molar-refractivity contribution in [3.63, 3.8) is 0 Å². The average molecular weight is 310 g/mol. The molecule has 18 heavy (non-hydrogen) atoms. The van der Waals surface area contributed by atoms with Gasteiger partial charge in [0.25, 0.3) is 0 Å². The molecule has 0 saturated heterocycles. The van der Waals surface area contributed by atoms with E-state index in [1.54, 1.807) is 13.4 Å². The van der Waals surface area contributed by atoms with Gasteiger partial charge in [0.2, 0.25) is 0 Å². The van der Waals surface area contributed by atoms with Crippen molar-refractivity contribution < 1.29 is 4.74 Å². The Kier molecular flexibility index (Phi) is 4.01. The molecule has 0 aliphatic carbocycles. The summed E-state index contributed by atoms with van der Waals surface area (Å²) in [4.78, 5) is 0. The largest absolute Gasteiger partial charge is 0.496 e. The van der Waals surface area contributed by atoms with Crippen LogP contribution in [0.3, 0.4) is 0 Å². The number of methoxy groups -OCH3 is 1. The van der Waals surface area contributed by atoms with Crippen LogP contribution >= 0.6 is 15.9 Å². The second-order valence-corrected chi connectivity index (χ2v) is 5.40. The molecule has 0 amide bonds. The Labute approximate surface area is 115 Å². The van der Waals surface area contributed by atoms with Crippen molar-refractivity contribution in [3.05, 3.63) is 29.0 Å². The first kappa shape index (κ1) is 13.1. The Balaban J connectivity index is 2.37. The van der Waals surface area contributed by atoms with Gasteiger partial charge in [0.15, 0.2) is 5.82 Å². The minimum Gasteiger partial charge on any atom is -0.496 e. The molecule has 0 aliphatic heterocycles. The summed E-state index contributed by atoms with van der Waals surface area (Å²) < 4.78 is 8.21. The molecule has 1 aromatic heterocycles. The molecule has 0 spiro atoms. The highest BCUT2D eigenvalue weighted by Gasteiger charge is 2.10. The van der Waals surface area contributed by atoms with Crippen molar-refractivity contribution in [1.82, 2.24) is 14.8 Å². The number of aromatic nitrogens is 3. The van der Waals surface area contributed by atoms with E-state index in [1.807, 2.05) is 18.2 Å². The molecule has 1 aromatic carbocycles. The molecule has 96 valence electrons. The third kappa shape index (κ3) is 2.72. The van der Waals surface area contributed by atoms with Crippen molar-refractivity contribution in [2.75, 3.05) is 7.11 Å². The summed E-state index contributed by atoms with van der Waals surface area (Å²) in [6.07, 6.45) is 1.77. The predicted molar refractivity (Wildman–Crippen MR) is 74.5 cm³/mol. The fraction of sp³-hybridized carbons (Fsp3) is 0.385. The number of rotatable bonds is 4. The fourth-order valence-electron chi connectivity index (χ4n) is 1.81. The van der Waals surface area contributed by atoms with Gasteiger partial charge in [-0.3, -0.25) is 0 Å². The van der Waals surface area contributed by atoms with Gasteiger partial charge in [-0.1, -0.05) is 13.8 Å². The smallest absolute Gasteiger partial charge is 0.163 e. The van der Waals surface area contributed by atoms with Crippen LogP contribution in [-0.4, -0.2) is 21.9 Å². The van der Waals surface area contributed by atoms with Gasteiger partial charge in [-0.25, -0.2) is 0 Å². The van der Waals surface area contributed by atoms with Crippen molar-refractivity contribution >= 4 is 15.9 Å². The van der Waals surface area contributed by atoms with E-state index in [9.17, 15) is 0 Å². The summed E-state index contributed by atoms with van der Waals surface area (Å²) in [7, 11) is 1.65. The number of halogens is 1. The number of nitrogens with zero attached hydrogens (tertiary/aromatic N) is 3. The number of ether oxygens (including phenoxy) is 1. The van der Waals surface area contributed by atoms with Gasteiger partial charge in [0.1, 0.15) is 12.1 Å². The second-order valence-electron chi connectivity index (χ2n) is 4.55. The van der Waals surface area contributed by atoms with E-state index in [0.717, 1.165) is 28.2 Å². The first-order chi connectivity index (χ1) is 8.61. The molecular formula is C13H16BrN3O. The quantitative estimate of drug-likeness (QED) is 0.869. The van der Waals surface area contributed by atoms with Crippen LogP contribution in [0.15, 0.2) is 29.0 Å². The van der Waals surface area contributed by atoms with Crippen LogP contribution in [0.1, 0.15) is 13.8 Å². The lowest BCUT2D eigenvalue weighted by Crippen LogP contribution is -2.05. The van der Waals surface area contributed by atoms with Gasteiger partial charge in [0, 0.05) is 12.1 Å². The Morgan fingerprint density at radius 1 is 1.39 bits per heavy atom. The minimum absolute atomic E-state index is 0.557. The van der Waals surface area contributed by atoms with Gasteiger partial charge in [-0.05, 0) is 40.0 Å². The topological polar surface area (TPSA) is 39.9 Å². The first-order valence-corrected chi connectivity index (χ1v) is 6.63. The summed E-state index contributed by atoms with van der Waals surface area (Å²) in [5, 5.41) is 8.18. The second kappa shape index (κ2) is 5.52. The molecule has 0 bridgehead atoms. The van der Waals surface area contributed by atoms with Gasteiger partial charge in [-0.2, -0.15) is 0 Å². The van der Waals surface area contributed by atoms with Gasteiger partial charge in [0.05, 0.1) is 11.6 Å². The monoisotopic (exact) mass is 309 g/mol. The van der Waals surface area contributed by atoms with Crippen molar-refractivity contribution in [3.8, 4) is 17.1 Å². The molecule has 4 nitrogen and oxygen atoms in total. The summed E-state index contributed by atoms with van der Waals surface area (Å²) in [5.74, 6) is 2.25. The van der Waals surface area contributed by atoms with Crippen LogP contribution < -0.4 is 4.74 Å². The Morgan fingerprint density at radius 2 is 2.17 bits per heavy atom. The van der Waals surface area contributed by atoms with Crippen LogP contribution in [0.25, 0.3) is 11.4 Å². The Bertz CT molecular complexity index is 537. The first-order valence-electron chi connectivity index (χ1n) is 5.83. The van der Waals surface area contributed by atoms with Gasteiger partial charge >= 0.3 is 0 Å². The lowest BCUT2D eigenvalue weighted by atomic mass is 10.2. The highest BCUT2D eigenvalue weighted by atomic mass is 79.9. The fourth-order valence-corrected chi connectivity index (χ4v) is 2.35. The number of benzene rings is 1. The highest BCUT2D eigenvalue weighted by molar-refractivity contribution is 9.10. The van der Waals surface area contributed by atoms with Crippen LogP contribution in [0.5, 0.6) is 5.75 Å². The van der Waals surface area contributed by atoms with Gasteiger partial charge in [-0.15, -0.1) is 10.2 Å².